The van der Waals surface area contributed by atoms with Gasteiger partial charge < -0.3 is 0 Å². The van der Waals surface area contributed by atoms with Crippen LogP contribution in [0.15, 0.2) is 0 Å². The number of nitrogens with zero attached hydrogens (tertiary/aromatic N) is 1. The van der Waals surface area contributed by atoms with Crippen LogP contribution < -0.4 is 5.32 Å². The smallest absolute Gasteiger partial charge is 0.0133 e. The fraction of sp³-hybridized carbons (Fsp3) is 1.00. The summed E-state index contributed by atoms with van der Waals surface area (Å²) in [6.07, 6.45) is 19.6. The van der Waals surface area contributed by atoms with E-state index in [4.69, 9.17) is 0 Å². The molecule has 0 fully saturated rings. The summed E-state index contributed by atoms with van der Waals surface area (Å²) in [5, 5.41) is 4.64. The topological polar surface area (TPSA) is 14.1 Å². The van der Waals surface area contributed by atoms with Gasteiger partial charge in [0.05, 0.1) is 0 Å². The van der Waals surface area contributed by atoms with Crippen LogP contribution in [-0.2, 0) is 0 Å². The van der Waals surface area contributed by atoms with Crippen LogP contribution in [0.4, 0.5) is 0 Å². The molecule has 1 heteroatoms. The second-order valence-corrected chi connectivity index (χ2v) is 5.91. The summed E-state index contributed by atoms with van der Waals surface area (Å²) in [6.45, 7) is 6.79. The number of hydrogen-bond acceptors (Lipinski definition) is 0. The Bertz CT molecular complexity index is 129. The maximum absolute atomic E-state index is 4.64. The van der Waals surface area contributed by atoms with Crippen molar-refractivity contribution in [2.75, 3.05) is 13.1 Å². The molecule has 1 nitrogen and oxygen atoms in total. The van der Waals surface area contributed by atoms with Crippen molar-refractivity contribution in [3.63, 3.8) is 0 Å². The minimum Gasteiger partial charge on any atom is -0.242 e. The van der Waals surface area contributed by atoms with E-state index in [1.165, 1.54) is 89.9 Å². The average Bonchev–Trinajstić information content (AvgIpc) is 2.43. The van der Waals surface area contributed by atoms with Gasteiger partial charge in [0.2, 0.25) is 0 Å². The van der Waals surface area contributed by atoms with Gasteiger partial charge in [0, 0.05) is 13.1 Å². The van der Waals surface area contributed by atoms with Crippen molar-refractivity contribution in [2.24, 2.45) is 0 Å². The Morgan fingerprint density at radius 1 is 0.421 bits per heavy atom. The largest absolute Gasteiger partial charge is 0.242 e. The van der Waals surface area contributed by atoms with Crippen molar-refractivity contribution >= 4 is 0 Å². The molecule has 19 heavy (non-hydrogen) atoms. The van der Waals surface area contributed by atoms with Crippen LogP contribution in [0.2, 0.25) is 0 Å². The van der Waals surface area contributed by atoms with Crippen molar-refractivity contribution in [3.8, 4) is 0 Å². The molecule has 0 spiro atoms. The lowest BCUT2D eigenvalue weighted by molar-refractivity contribution is 0.532. The number of rotatable bonds is 16. The molecule has 0 heterocycles. The summed E-state index contributed by atoms with van der Waals surface area (Å²) in [5.41, 5.74) is 0. The fourth-order valence-corrected chi connectivity index (χ4v) is 2.47. The second kappa shape index (κ2) is 18.0. The highest BCUT2D eigenvalue weighted by atomic mass is 14.8. The van der Waals surface area contributed by atoms with Gasteiger partial charge in [0.25, 0.3) is 0 Å². The zero-order valence-corrected chi connectivity index (χ0v) is 13.8. The van der Waals surface area contributed by atoms with Gasteiger partial charge in [0.1, 0.15) is 0 Å². The van der Waals surface area contributed by atoms with Crippen molar-refractivity contribution < 1.29 is 0 Å². The molecular formula is C18H38N. The first-order valence-electron chi connectivity index (χ1n) is 9.05. The van der Waals surface area contributed by atoms with Gasteiger partial charge in [-0.3, -0.25) is 0 Å². The van der Waals surface area contributed by atoms with Crippen LogP contribution in [0.1, 0.15) is 104 Å². The summed E-state index contributed by atoms with van der Waals surface area (Å²) in [6, 6.07) is 0. The van der Waals surface area contributed by atoms with Crippen LogP contribution in [0.3, 0.4) is 0 Å². The van der Waals surface area contributed by atoms with E-state index in [-0.39, 0.29) is 0 Å². The predicted molar refractivity (Wildman–Crippen MR) is 87.9 cm³/mol. The van der Waals surface area contributed by atoms with Crippen molar-refractivity contribution in [2.45, 2.75) is 104 Å². The molecule has 0 atom stereocenters. The third-order valence-electron chi connectivity index (χ3n) is 3.84. The lowest BCUT2D eigenvalue weighted by Crippen LogP contribution is -2.08. The Balaban J connectivity index is 2.88. The highest BCUT2D eigenvalue weighted by Gasteiger charge is 1.93. The van der Waals surface area contributed by atoms with Crippen LogP contribution in [0.25, 0.3) is 0 Å². The molecule has 0 unspecified atom stereocenters. The molecule has 0 aromatic heterocycles. The van der Waals surface area contributed by atoms with Gasteiger partial charge in [-0.2, -0.15) is 0 Å². The van der Waals surface area contributed by atoms with Gasteiger partial charge in [-0.05, 0) is 12.8 Å². The van der Waals surface area contributed by atoms with E-state index in [2.05, 4.69) is 19.2 Å². The van der Waals surface area contributed by atoms with Crippen LogP contribution >= 0.6 is 0 Å². The predicted octanol–water partition coefficient (Wildman–Crippen LogP) is 6.09. The molecule has 0 aliphatic heterocycles. The van der Waals surface area contributed by atoms with E-state index in [1.807, 2.05) is 0 Å². The first-order valence-corrected chi connectivity index (χ1v) is 9.05. The van der Waals surface area contributed by atoms with Gasteiger partial charge in [-0.25, -0.2) is 5.32 Å². The van der Waals surface area contributed by atoms with Crippen molar-refractivity contribution in [1.82, 2.24) is 5.32 Å². The first-order chi connectivity index (χ1) is 9.41. The number of unbranched alkanes of at least 4 members (excludes halogenated alkanes) is 12. The molecule has 0 aliphatic rings. The quantitative estimate of drug-likeness (QED) is 0.301. The van der Waals surface area contributed by atoms with Gasteiger partial charge in [-0.1, -0.05) is 90.9 Å². The molecule has 0 rings (SSSR count). The van der Waals surface area contributed by atoms with Crippen molar-refractivity contribution in [3.05, 3.63) is 0 Å². The minimum atomic E-state index is 1.11. The van der Waals surface area contributed by atoms with E-state index in [1.54, 1.807) is 0 Å². The molecule has 0 amide bonds. The van der Waals surface area contributed by atoms with Gasteiger partial charge >= 0.3 is 0 Å². The Morgan fingerprint density at radius 3 is 1.11 bits per heavy atom. The molecule has 0 N–H and O–H groups in total. The lowest BCUT2D eigenvalue weighted by atomic mass is 10.1. The Morgan fingerprint density at radius 2 is 0.737 bits per heavy atom. The molecule has 1 radical (unpaired) electrons. The van der Waals surface area contributed by atoms with E-state index in [0.29, 0.717) is 0 Å². The van der Waals surface area contributed by atoms with Gasteiger partial charge in [-0.15, -0.1) is 0 Å². The molecule has 0 aliphatic carbocycles. The highest BCUT2D eigenvalue weighted by molar-refractivity contribution is 4.51. The molecule has 0 aromatic carbocycles. The maximum atomic E-state index is 4.64. The SMILES string of the molecule is CCCCCCCCCC[N]CCCCCCCC. The van der Waals surface area contributed by atoms with E-state index in [9.17, 15) is 0 Å². The van der Waals surface area contributed by atoms with Crippen LogP contribution in [-0.4, -0.2) is 13.1 Å². The Kier molecular flexibility index (Phi) is 17.9. The summed E-state index contributed by atoms with van der Waals surface area (Å²) >= 11 is 0. The van der Waals surface area contributed by atoms with Crippen LogP contribution in [0.5, 0.6) is 0 Å². The van der Waals surface area contributed by atoms with Gasteiger partial charge in [0.15, 0.2) is 0 Å². The van der Waals surface area contributed by atoms with E-state index in [0.717, 1.165) is 13.1 Å². The first kappa shape index (κ1) is 19.0. The van der Waals surface area contributed by atoms with E-state index >= 15 is 0 Å². The Hall–Kier alpha value is -0.0400. The zero-order valence-electron chi connectivity index (χ0n) is 13.8. The summed E-state index contributed by atoms with van der Waals surface area (Å²) in [5.74, 6) is 0. The average molecular weight is 269 g/mol. The molecule has 0 saturated heterocycles. The molecule has 115 valence electrons. The zero-order chi connectivity index (χ0) is 14.0. The molecule has 0 bridgehead atoms. The van der Waals surface area contributed by atoms with E-state index < -0.39 is 0 Å². The van der Waals surface area contributed by atoms with Crippen molar-refractivity contribution in [1.29, 1.82) is 0 Å². The lowest BCUT2D eigenvalue weighted by Gasteiger charge is -2.03. The minimum absolute atomic E-state index is 1.11. The summed E-state index contributed by atoms with van der Waals surface area (Å²) in [7, 11) is 0. The maximum Gasteiger partial charge on any atom is 0.0133 e. The highest BCUT2D eigenvalue weighted by Crippen LogP contribution is 2.08. The molecular weight excluding hydrogens is 230 g/mol. The fourth-order valence-electron chi connectivity index (χ4n) is 2.47. The summed E-state index contributed by atoms with van der Waals surface area (Å²) in [4.78, 5) is 0. The molecule has 0 aromatic rings. The monoisotopic (exact) mass is 268 g/mol. The molecule has 0 saturated carbocycles. The second-order valence-electron chi connectivity index (χ2n) is 5.91. The third-order valence-corrected chi connectivity index (χ3v) is 3.84. The number of hydrogen-bond donors (Lipinski definition) is 0. The standard InChI is InChI=1S/C18H38N/c1-3-5-7-9-11-12-14-16-18-19-17-15-13-10-8-6-4-2/h3-18H2,1-2H3. The third kappa shape index (κ3) is 18.0. The Labute approximate surface area is 122 Å². The normalized spacial score (nSPS) is 11.1. The van der Waals surface area contributed by atoms with Crippen LogP contribution in [0, 0.1) is 0 Å². The summed E-state index contributed by atoms with van der Waals surface area (Å²) < 4.78 is 0.